The van der Waals surface area contributed by atoms with E-state index in [0.717, 1.165) is 28.2 Å². The van der Waals surface area contributed by atoms with Crippen molar-refractivity contribution in [2.24, 2.45) is 0 Å². The number of rotatable bonds is 5. The molecular formula is C24H20O4. The molecule has 0 aromatic heterocycles. The van der Waals surface area contributed by atoms with Crippen molar-refractivity contribution < 1.29 is 19.0 Å². The zero-order valence-corrected chi connectivity index (χ0v) is 15.8. The quantitative estimate of drug-likeness (QED) is 0.569. The van der Waals surface area contributed by atoms with E-state index in [1.54, 1.807) is 20.3 Å². The lowest BCUT2D eigenvalue weighted by Gasteiger charge is -2.08. The summed E-state index contributed by atoms with van der Waals surface area (Å²) < 4.78 is 16.6. The maximum absolute atomic E-state index is 12.8. The van der Waals surface area contributed by atoms with Crippen molar-refractivity contribution in [1.82, 2.24) is 0 Å². The van der Waals surface area contributed by atoms with Crippen molar-refractivity contribution in [2.45, 2.75) is 6.42 Å². The Hall–Kier alpha value is -3.53. The highest BCUT2D eigenvalue weighted by Crippen LogP contribution is 2.37. The molecule has 0 N–H and O–H groups in total. The van der Waals surface area contributed by atoms with Gasteiger partial charge in [0.15, 0.2) is 17.3 Å². The molecule has 1 aliphatic rings. The van der Waals surface area contributed by atoms with Crippen LogP contribution in [0.3, 0.4) is 0 Å². The average molecular weight is 372 g/mol. The van der Waals surface area contributed by atoms with Gasteiger partial charge in [-0.25, -0.2) is 0 Å². The van der Waals surface area contributed by atoms with Gasteiger partial charge >= 0.3 is 0 Å². The third-order valence-electron chi connectivity index (χ3n) is 4.70. The smallest absolute Gasteiger partial charge is 0.189 e. The molecule has 3 aromatic carbocycles. The summed E-state index contributed by atoms with van der Waals surface area (Å²) in [5.74, 6) is 2.72. The van der Waals surface area contributed by atoms with E-state index in [1.807, 2.05) is 66.7 Å². The highest BCUT2D eigenvalue weighted by Gasteiger charge is 2.27. The number of carbonyl (C=O) groups excluding carboxylic acids is 1. The summed E-state index contributed by atoms with van der Waals surface area (Å²) in [4.78, 5) is 12.8. The molecule has 0 atom stereocenters. The molecule has 1 aliphatic carbocycles. The minimum Gasteiger partial charge on any atom is -0.493 e. The van der Waals surface area contributed by atoms with Crippen LogP contribution in [0.1, 0.15) is 21.5 Å². The predicted molar refractivity (Wildman–Crippen MR) is 109 cm³/mol. The first kappa shape index (κ1) is 17.9. The van der Waals surface area contributed by atoms with Gasteiger partial charge in [-0.1, -0.05) is 30.3 Å². The van der Waals surface area contributed by atoms with Gasteiger partial charge in [0, 0.05) is 17.6 Å². The number of para-hydroxylation sites is 1. The molecular weight excluding hydrogens is 352 g/mol. The van der Waals surface area contributed by atoms with E-state index in [-0.39, 0.29) is 5.78 Å². The van der Waals surface area contributed by atoms with Crippen molar-refractivity contribution in [3.63, 3.8) is 0 Å². The molecule has 4 heteroatoms. The van der Waals surface area contributed by atoms with E-state index in [2.05, 4.69) is 0 Å². The number of benzene rings is 3. The molecule has 0 aliphatic heterocycles. The van der Waals surface area contributed by atoms with Gasteiger partial charge in [0.1, 0.15) is 11.5 Å². The fourth-order valence-corrected chi connectivity index (χ4v) is 3.35. The summed E-state index contributed by atoms with van der Waals surface area (Å²) in [5.41, 5.74) is 3.27. The highest BCUT2D eigenvalue weighted by molar-refractivity contribution is 6.15. The molecule has 0 amide bonds. The Morgan fingerprint density at radius 2 is 1.54 bits per heavy atom. The van der Waals surface area contributed by atoms with Crippen LogP contribution in [0.25, 0.3) is 6.08 Å². The first-order valence-corrected chi connectivity index (χ1v) is 9.01. The maximum atomic E-state index is 12.8. The summed E-state index contributed by atoms with van der Waals surface area (Å²) >= 11 is 0. The molecule has 140 valence electrons. The molecule has 3 aromatic rings. The lowest BCUT2D eigenvalue weighted by Crippen LogP contribution is -1.97. The number of Topliss-reactive ketones (excluding diaryl/α,β-unsaturated/α-hetero) is 1. The number of methoxy groups -OCH3 is 2. The number of ketones is 1. The van der Waals surface area contributed by atoms with Crippen LogP contribution in [0, 0.1) is 0 Å². The van der Waals surface area contributed by atoms with Crippen molar-refractivity contribution in [1.29, 1.82) is 0 Å². The summed E-state index contributed by atoms with van der Waals surface area (Å²) in [6, 6.07) is 21.0. The SMILES string of the molecule is COc1cc2c(cc1OC)C(=O)/C(=C\c1cccc(Oc3ccccc3)c1)C2. The largest absolute Gasteiger partial charge is 0.493 e. The zero-order chi connectivity index (χ0) is 19.5. The van der Waals surface area contributed by atoms with Crippen LogP contribution >= 0.6 is 0 Å². The van der Waals surface area contributed by atoms with E-state index >= 15 is 0 Å². The molecule has 0 unspecified atom stereocenters. The average Bonchev–Trinajstić information content (AvgIpc) is 3.02. The van der Waals surface area contributed by atoms with E-state index in [4.69, 9.17) is 14.2 Å². The second kappa shape index (κ2) is 7.61. The number of carbonyl (C=O) groups is 1. The fourth-order valence-electron chi connectivity index (χ4n) is 3.35. The maximum Gasteiger partial charge on any atom is 0.189 e. The first-order chi connectivity index (χ1) is 13.7. The molecule has 28 heavy (non-hydrogen) atoms. The topological polar surface area (TPSA) is 44.8 Å². The van der Waals surface area contributed by atoms with Crippen LogP contribution in [0.2, 0.25) is 0 Å². The Bertz CT molecular complexity index is 1050. The number of allylic oxidation sites excluding steroid dienone is 1. The van der Waals surface area contributed by atoms with Gasteiger partial charge in [0.2, 0.25) is 0 Å². The van der Waals surface area contributed by atoms with E-state index < -0.39 is 0 Å². The number of hydrogen-bond acceptors (Lipinski definition) is 4. The lowest BCUT2D eigenvalue weighted by molar-refractivity contribution is 0.104. The van der Waals surface area contributed by atoms with Crippen LogP contribution in [0.5, 0.6) is 23.0 Å². The van der Waals surface area contributed by atoms with Gasteiger partial charge in [-0.05, 0) is 53.6 Å². The molecule has 0 heterocycles. The summed E-state index contributed by atoms with van der Waals surface area (Å²) in [6.07, 6.45) is 2.48. The molecule has 0 bridgehead atoms. The van der Waals surface area contributed by atoms with E-state index in [0.29, 0.717) is 23.5 Å². The van der Waals surface area contributed by atoms with Crippen LogP contribution in [0.15, 0.2) is 72.3 Å². The van der Waals surface area contributed by atoms with E-state index in [9.17, 15) is 4.79 Å². The highest BCUT2D eigenvalue weighted by atomic mass is 16.5. The molecule has 0 fully saturated rings. The van der Waals surface area contributed by atoms with Crippen LogP contribution in [-0.4, -0.2) is 20.0 Å². The number of hydrogen-bond donors (Lipinski definition) is 0. The van der Waals surface area contributed by atoms with Gasteiger partial charge in [-0.2, -0.15) is 0 Å². The molecule has 4 nitrogen and oxygen atoms in total. The summed E-state index contributed by atoms with van der Waals surface area (Å²) in [7, 11) is 3.16. The minimum atomic E-state index is 0.0188. The predicted octanol–water partition coefficient (Wildman–Crippen LogP) is 5.32. The lowest BCUT2D eigenvalue weighted by atomic mass is 10.1. The van der Waals surface area contributed by atoms with Gasteiger partial charge in [-0.15, -0.1) is 0 Å². The van der Waals surface area contributed by atoms with Crippen LogP contribution in [0.4, 0.5) is 0 Å². The van der Waals surface area contributed by atoms with Crippen LogP contribution < -0.4 is 14.2 Å². The Morgan fingerprint density at radius 1 is 0.821 bits per heavy atom. The third-order valence-corrected chi connectivity index (χ3v) is 4.70. The number of fused-ring (bicyclic) bond motifs is 1. The Labute approximate surface area is 164 Å². The Balaban J connectivity index is 1.61. The van der Waals surface area contributed by atoms with Gasteiger partial charge < -0.3 is 14.2 Å². The third kappa shape index (κ3) is 3.49. The minimum absolute atomic E-state index is 0.0188. The van der Waals surface area contributed by atoms with Gasteiger partial charge in [0.05, 0.1) is 14.2 Å². The van der Waals surface area contributed by atoms with Crippen molar-refractivity contribution >= 4 is 11.9 Å². The first-order valence-electron chi connectivity index (χ1n) is 9.01. The summed E-state index contributed by atoms with van der Waals surface area (Å²) in [5, 5.41) is 0. The normalized spacial score (nSPS) is 14.1. The molecule has 0 saturated carbocycles. The van der Waals surface area contributed by atoms with Crippen molar-refractivity contribution in [3.8, 4) is 23.0 Å². The fraction of sp³-hybridized carbons (Fsp3) is 0.125. The Morgan fingerprint density at radius 3 is 2.29 bits per heavy atom. The Kier molecular flexibility index (Phi) is 4.85. The van der Waals surface area contributed by atoms with Crippen molar-refractivity contribution in [2.75, 3.05) is 14.2 Å². The standard InChI is InChI=1S/C24H20O4/c1-26-22-14-17-13-18(24(25)21(17)15-23(22)27-2)11-16-7-6-10-20(12-16)28-19-8-4-3-5-9-19/h3-12,14-15H,13H2,1-2H3/b18-11-. The van der Waals surface area contributed by atoms with Crippen molar-refractivity contribution in [3.05, 3.63) is 89.0 Å². The second-order valence-electron chi connectivity index (χ2n) is 6.53. The van der Waals surface area contributed by atoms with Gasteiger partial charge in [-0.3, -0.25) is 4.79 Å². The molecule has 0 radical (unpaired) electrons. The summed E-state index contributed by atoms with van der Waals surface area (Å²) in [6.45, 7) is 0. The second-order valence-corrected chi connectivity index (χ2v) is 6.53. The molecule has 4 rings (SSSR count). The van der Waals surface area contributed by atoms with E-state index in [1.165, 1.54) is 0 Å². The number of ether oxygens (including phenoxy) is 3. The van der Waals surface area contributed by atoms with Crippen LogP contribution in [-0.2, 0) is 6.42 Å². The van der Waals surface area contributed by atoms with Gasteiger partial charge in [0.25, 0.3) is 0 Å². The monoisotopic (exact) mass is 372 g/mol. The zero-order valence-electron chi connectivity index (χ0n) is 15.8. The molecule has 0 spiro atoms. The molecule has 0 saturated heterocycles.